The third-order valence-corrected chi connectivity index (χ3v) is 4.00. The van der Waals surface area contributed by atoms with Crippen LogP contribution in [0.15, 0.2) is 118 Å². The van der Waals surface area contributed by atoms with Gasteiger partial charge in [0.05, 0.1) is 0 Å². The number of aldehydes is 1. The lowest BCUT2D eigenvalue weighted by Crippen LogP contribution is -1.94. The molecule has 0 radical (unpaired) electrons. The second kappa shape index (κ2) is 11.7. The van der Waals surface area contributed by atoms with E-state index < -0.39 is 0 Å². The first-order chi connectivity index (χ1) is 14.8. The summed E-state index contributed by atoms with van der Waals surface area (Å²) in [5.74, 6) is 0. The van der Waals surface area contributed by atoms with Gasteiger partial charge in [-0.05, 0) is 16.7 Å². The number of carbonyl (C=O) groups excluding carboxylic acids is 1. The van der Waals surface area contributed by atoms with Crippen molar-refractivity contribution in [3.8, 4) is 0 Å². The molecule has 0 bridgehead atoms. The second-order valence-electron chi connectivity index (χ2n) is 6.20. The molecule has 1 heterocycles. The molecule has 0 fully saturated rings. The highest BCUT2D eigenvalue weighted by molar-refractivity contribution is 5.81. The summed E-state index contributed by atoms with van der Waals surface area (Å²) in [6, 6.07) is 31.8. The zero-order chi connectivity index (χ0) is 20.9. The lowest BCUT2D eigenvalue weighted by atomic mass is 10.1. The van der Waals surface area contributed by atoms with Crippen molar-refractivity contribution in [2.45, 2.75) is 6.17 Å². The molecule has 0 saturated heterocycles. The summed E-state index contributed by atoms with van der Waals surface area (Å²) in [6.45, 7) is 0. The van der Waals surface area contributed by atoms with Crippen molar-refractivity contribution in [3.05, 3.63) is 126 Å². The van der Waals surface area contributed by atoms with Crippen LogP contribution in [0.1, 0.15) is 33.3 Å². The minimum Gasteiger partial charge on any atom is -0.364 e. The number of hydrogen-bond donors (Lipinski definition) is 0. The molecule has 0 aliphatic carbocycles. The number of benzene rings is 3. The monoisotopic (exact) mass is 395 g/mol. The van der Waals surface area contributed by atoms with Gasteiger partial charge in [-0.2, -0.15) is 0 Å². The van der Waals surface area contributed by atoms with Gasteiger partial charge in [-0.3, -0.25) is 14.8 Å². The van der Waals surface area contributed by atoms with Crippen LogP contribution in [0.3, 0.4) is 0 Å². The molecule has 0 aliphatic rings. The van der Waals surface area contributed by atoms with Crippen LogP contribution in [0, 0.1) is 0 Å². The minimum absolute atomic E-state index is 0.239. The standard InChI is InChI=1S/C21H18N2.C4H3NO2/c1-4-10-18(11-5-1)16-22-21(20-14-8-3-9-15-20)23-17-19-12-6-2-7-13-19;6-3-4-1-2-7-5-4/h1-17,21H;1-3H. The van der Waals surface area contributed by atoms with Crippen LogP contribution in [-0.4, -0.2) is 23.9 Å². The Kier molecular flexibility index (Phi) is 8.01. The molecule has 4 rings (SSSR count). The predicted molar refractivity (Wildman–Crippen MR) is 119 cm³/mol. The number of rotatable bonds is 6. The first-order valence-electron chi connectivity index (χ1n) is 9.42. The van der Waals surface area contributed by atoms with Crippen LogP contribution >= 0.6 is 0 Å². The van der Waals surface area contributed by atoms with E-state index in [1.807, 2.05) is 91.3 Å². The lowest BCUT2D eigenvalue weighted by molar-refractivity contribution is 0.111. The molecule has 0 saturated carbocycles. The summed E-state index contributed by atoms with van der Waals surface area (Å²) in [7, 11) is 0. The molecule has 0 amide bonds. The van der Waals surface area contributed by atoms with Crippen LogP contribution < -0.4 is 0 Å². The van der Waals surface area contributed by atoms with E-state index in [0.29, 0.717) is 12.0 Å². The van der Waals surface area contributed by atoms with E-state index in [1.165, 1.54) is 12.3 Å². The van der Waals surface area contributed by atoms with Crippen LogP contribution in [0.25, 0.3) is 0 Å². The zero-order valence-corrected chi connectivity index (χ0v) is 16.3. The molecule has 0 spiro atoms. The fourth-order valence-electron chi connectivity index (χ4n) is 2.51. The fourth-order valence-corrected chi connectivity index (χ4v) is 2.51. The molecule has 148 valence electrons. The largest absolute Gasteiger partial charge is 0.364 e. The van der Waals surface area contributed by atoms with Crippen molar-refractivity contribution in [2.24, 2.45) is 9.98 Å². The maximum Gasteiger partial charge on any atom is 0.171 e. The van der Waals surface area contributed by atoms with Crippen molar-refractivity contribution in [1.29, 1.82) is 0 Å². The molecular formula is C25H21N3O2. The van der Waals surface area contributed by atoms with Gasteiger partial charge in [-0.1, -0.05) is 96.2 Å². The normalized spacial score (nSPS) is 11.7. The molecular weight excluding hydrogens is 374 g/mol. The Bertz CT molecular complexity index is 996. The van der Waals surface area contributed by atoms with Crippen molar-refractivity contribution in [1.82, 2.24) is 5.16 Å². The average Bonchev–Trinajstić information content (AvgIpc) is 3.36. The highest BCUT2D eigenvalue weighted by Gasteiger charge is 2.05. The fraction of sp³-hybridized carbons (Fsp3) is 0.0400. The van der Waals surface area contributed by atoms with E-state index in [4.69, 9.17) is 0 Å². The van der Waals surface area contributed by atoms with Gasteiger partial charge in [0.1, 0.15) is 12.0 Å². The Hall–Kier alpha value is -4.12. The SMILES string of the molecule is C(=NC(N=Cc1ccccc1)c1ccccc1)c1ccccc1.O=Cc1ccon1. The Morgan fingerprint density at radius 1 is 0.700 bits per heavy atom. The number of hydrogen-bond acceptors (Lipinski definition) is 5. The van der Waals surface area contributed by atoms with Crippen LogP contribution in [0.4, 0.5) is 0 Å². The van der Waals surface area contributed by atoms with Crippen molar-refractivity contribution in [3.63, 3.8) is 0 Å². The number of aliphatic imine (C=N–C) groups is 2. The zero-order valence-electron chi connectivity index (χ0n) is 16.3. The van der Waals surface area contributed by atoms with Gasteiger partial charge in [0, 0.05) is 18.5 Å². The molecule has 3 aromatic carbocycles. The topological polar surface area (TPSA) is 67.8 Å². The highest BCUT2D eigenvalue weighted by Crippen LogP contribution is 2.18. The van der Waals surface area contributed by atoms with Gasteiger partial charge >= 0.3 is 0 Å². The van der Waals surface area contributed by atoms with E-state index in [2.05, 4.69) is 31.8 Å². The maximum atomic E-state index is 9.75. The van der Waals surface area contributed by atoms with Gasteiger partial charge in [0.25, 0.3) is 0 Å². The number of carbonyl (C=O) groups is 1. The summed E-state index contributed by atoms with van der Waals surface area (Å²) in [5, 5.41) is 3.29. The molecule has 4 aromatic rings. The van der Waals surface area contributed by atoms with Crippen LogP contribution in [0.5, 0.6) is 0 Å². The Labute approximate surface area is 175 Å². The molecule has 0 aliphatic heterocycles. The van der Waals surface area contributed by atoms with Crippen molar-refractivity contribution < 1.29 is 9.32 Å². The summed E-state index contributed by atoms with van der Waals surface area (Å²) in [5.41, 5.74) is 3.55. The van der Waals surface area contributed by atoms with E-state index >= 15 is 0 Å². The quantitative estimate of drug-likeness (QED) is 0.324. The van der Waals surface area contributed by atoms with E-state index in [1.54, 1.807) is 0 Å². The van der Waals surface area contributed by atoms with Crippen molar-refractivity contribution in [2.75, 3.05) is 0 Å². The van der Waals surface area contributed by atoms with E-state index in [9.17, 15) is 4.79 Å². The number of aromatic nitrogens is 1. The lowest BCUT2D eigenvalue weighted by Gasteiger charge is -2.07. The van der Waals surface area contributed by atoms with Gasteiger partial charge in [-0.15, -0.1) is 0 Å². The highest BCUT2D eigenvalue weighted by atomic mass is 16.5. The van der Waals surface area contributed by atoms with E-state index in [0.717, 1.165) is 16.7 Å². The first kappa shape index (κ1) is 20.6. The number of nitrogens with zero attached hydrogens (tertiary/aromatic N) is 3. The maximum absolute atomic E-state index is 9.75. The third kappa shape index (κ3) is 6.80. The smallest absolute Gasteiger partial charge is 0.171 e. The molecule has 5 nitrogen and oxygen atoms in total. The molecule has 0 unspecified atom stereocenters. The average molecular weight is 395 g/mol. The van der Waals surface area contributed by atoms with Crippen LogP contribution in [0.2, 0.25) is 0 Å². The minimum atomic E-state index is -0.239. The summed E-state index contributed by atoms with van der Waals surface area (Å²) >= 11 is 0. The predicted octanol–water partition coefficient (Wildman–Crippen LogP) is 5.41. The molecule has 5 heteroatoms. The third-order valence-electron chi connectivity index (χ3n) is 4.00. The van der Waals surface area contributed by atoms with Gasteiger partial charge in [0.2, 0.25) is 0 Å². The molecule has 1 aromatic heterocycles. The molecule has 30 heavy (non-hydrogen) atoms. The van der Waals surface area contributed by atoms with Gasteiger partial charge < -0.3 is 4.52 Å². The Morgan fingerprint density at radius 3 is 1.60 bits per heavy atom. The summed E-state index contributed by atoms with van der Waals surface area (Å²) in [4.78, 5) is 19.1. The van der Waals surface area contributed by atoms with Gasteiger partial charge in [-0.25, -0.2) is 0 Å². The molecule has 0 N–H and O–H groups in total. The Balaban J connectivity index is 0.000000310. The summed E-state index contributed by atoms with van der Waals surface area (Å²) in [6.07, 6.45) is 5.49. The second-order valence-corrected chi connectivity index (χ2v) is 6.20. The van der Waals surface area contributed by atoms with Crippen molar-refractivity contribution >= 4 is 18.7 Å². The van der Waals surface area contributed by atoms with E-state index in [-0.39, 0.29) is 6.17 Å². The van der Waals surface area contributed by atoms with Gasteiger partial charge in [0.15, 0.2) is 12.5 Å². The Morgan fingerprint density at radius 2 is 1.20 bits per heavy atom. The summed E-state index contributed by atoms with van der Waals surface area (Å²) < 4.78 is 4.32. The molecule has 0 atom stereocenters. The first-order valence-corrected chi connectivity index (χ1v) is 9.42. The van der Waals surface area contributed by atoms with Crippen LogP contribution in [-0.2, 0) is 0 Å².